The van der Waals surface area contributed by atoms with Crippen molar-refractivity contribution in [3.05, 3.63) is 23.9 Å². The Labute approximate surface area is 156 Å². The van der Waals surface area contributed by atoms with Gasteiger partial charge in [0.15, 0.2) is 0 Å². The monoisotopic (exact) mass is 360 g/mol. The number of aromatic nitrogens is 1. The molecule has 0 bridgehead atoms. The fraction of sp³-hybridized carbons (Fsp3) is 0.714. The van der Waals surface area contributed by atoms with E-state index in [1.165, 1.54) is 12.8 Å². The molecule has 5 heteroatoms. The van der Waals surface area contributed by atoms with Gasteiger partial charge in [-0.15, -0.1) is 0 Å². The standard InChI is InChI=1S/C21H32N2O3/c1-4-25-20(24)21(2,3)19(16-5-6-16)17-9-12-23-18(13-17)26-14-15-7-10-22-11-8-15/h9,12-13,15-16,19,22H,4-8,10-11,14H2,1-3H3/t19-/m0/s1. The zero-order chi connectivity index (χ0) is 18.6. The SMILES string of the molecule is CCOC(=O)C(C)(C)[C@H](c1ccnc(OCC2CCNCC2)c1)C1CC1. The van der Waals surface area contributed by atoms with Gasteiger partial charge in [-0.2, -0.15) is 0 Å². The molecular weight excluding hydrogens is 328 g/mol. The average molecular weight is 360 g/mol. The van der Waals surface area contributed by atoms with Crippen molar-refractivity contribution in [3.63, 3.8) is 0 Å². The molecule has 1 atom stereocenters. The number of piperidine rings is 1. The maximum absolute atomic E-state index is 12.6. The van der Waals surface area contributed by atoms with Gasteiger partial charge >= 0.3 is 5.97 Å². The number of esters is 1. The highest BCUT2D eigenvalue weighted by molar-refractivity contribution is 5.77. The van der Waals surface area contributed by atoms with Crippen LogP contribution in [0.5, 0.6) is 5.88 Å². The maximum atomic E-state index is 12.6. The normalized spacial score (nSPS) is 19.8. The number of nitrogens with zero attached hydrogens (tertiary/aromatic N) is 1. The van der Waals surface area contributed by atoms with Crippen molar-refractivity contribution in [1.29, 1.82) is 0 Å². The summed E-state index contributed by atoms with van der Waals surface area (Å²) in [5.41, 5.74) is 0.589. The molecule has 1 aromatic heterocycles. The Hall–Kier alpha value is -1.62. The zero-order valence-corrected chi connectivity index (χ0v) is 16.3. The van der Waals surface area contributed by atoms with E-state index in [0.717, 1.165) is 31.5 Å². The molecule has 2 fully saturated rings. The van der Waals surface area contributed by atoms with Crippen molar-refractivity contribution in [2.45, 2.75) is 52.4 Å². The van der Waals surface area contributed by atoms with Crippen LogP contribution in [0, 0.1) is 17.3 Å². The summed E-state index contributed by atoms with van der Waals surface area (Å²) < 4.78 is 11.4. The van der Waals surface area contributed by atoms with E-state index in [9.17, 15) is 4.79 Å². The number of carbonyl (C=O) groups excluding carboxylic acids is 1. The molecule has 0 spiro atoms. The summed E-state index contributed by atoms with van der Waals surface area (Å²) in [7, 11) is 0. The lowest BCUT2D eigenvalue weighted by Gasteiger charge is -2.33. The quantitative estimate of drug-likeness (QED) is 0.719. The number of nitrogens with one attached hydrogen (secondary N) is 1. The highest BCUT2D eigenvalue weighted by atomic mass is 16.5. The molecule has 3 rings (SSSR count). The van der Waals surface area contributed by atoms with Crippen molar-refractivity contribution in [1.82, 2.24) is 10.3 Å². The van der Waals surface area contributed by atoms with Crippen molar-refractivity contribution in [2.75, 3.05) is 26.3 Å². The maximum Gasteiger partial charge on any atom is 0.312 e. The minimum atomic E-state index is -0.551. The number of carbonyl (C=O) groups is 1. The van der Waals surface area contributed by atoms with E-state index in [1.54, 1.807) is 0 Å². The molecule has 1 aromatic rings. The fourth-order valence-corrected chi connectivity index (χ4v) is 4.10. The van der Waals surface area contributed by atoms with Gasteiger partial charge in [0.1, 0.15) is 0 Å². The smallest absolute Gasteiger partial charge is 0.312 e. The second kappa shape index (κ2) is 8.38. The Bertz CT molecular complexity index is 607. The molecule has 2 heterocycles. The highest BCUT2D eigenvalue weighted by Gasteiger charge is 2.47. The summed E-state index contributed by atoms with van der Waals surface area (Å²) >= 11 is 0. The van der Waals surface area contributed by atoms with E-state index in [-0.39, 0.29) is 11.9 Å². The van der Waals surface area contributed by atoms with Crippen molar-refractivity contribution < 1.29 is 14.3 Å². The Morgan fingerprint density at radius 2 is 2.04 bits per heavy atom. The lowest BCUT2D eigenvalue weighted by atomic mass is 9.72. The Morgan fingerprint density at radius 3 is 2.69 bits per heavy atom. The Balaban J connectivity index is 1.72. The molecule has 5 nitrogen and oxygen atoms in total. The number of hydrogen-bond acceptors (Lipinski definition) is 5. The third-order valence-corrected chi connectivity index (χ3v) is 5.72. The van der Waals surface area contributed by atoms with Gasteiger partial charge in [-0.25, -0.2) is 4.98 Å². The van der Waals surface area contributed by atoms with Crippen LogP contribution in [0.15, 0.2) is 18.3 Å². The van der Waals surface area contributed by atoms with Gasteiger partial charge in [0.2, 0.25) is 5.88 Å². The van der Waals surface area contributed by atoms with Gasteiger partial charge in [-0.3, -0.25) is 4.79 Å². The van der Waals surface area contributed by atoms with Gasteiger partial charge < -0.3 is 14.8 Å². The zero-order valence-electron chi connectivity index (χ0n) is 16.3. The summed E-state index contributed by atoms with van der Waals surface area (Å²) in [4.78, 5) is 16.9. The number of ether oxygens (including phenoxy) is 2. The van der Waals surface area contributed by atoms with Crippen LogP contribution < -0.4 is 10.1 Å². The van der Waals surface area contributed by atoms with Gasteiger partial charge in [0.25, 0.3) is 0 Å². The topological polar surface area (TPSA) is 60.5 Å². The van der Waals surface area contributed by atoms with E-state index < -0.39 is 5.41 Å². The molecule has 1 aliphatic carbocycles. The molecule has 0 unspecified atom stereocenters. The lowest BCUT2D eigenvalue weighted by Crippen LogP contribution is -2.34. The largest absolute Gasteiger partial charge is 0.477 e. The van der Waals surface area contributed by atoms with Gasteiger partial charge in [0, 0.05) is 18.2 Å². The molecule has 1 saturated carbocycles. The summed E-state index contributed by atoms with van der Waals surface area (Å²) in [6.45, 7) is 9.14. The van der Waals surface area contributed by atoms with Crippen LogP contribution in [-0.2, 0) is 9.53 Å². The van der Waals surface area contributed by atoms with Crippen LogP contribution in [0.4, 0.5) is 0 Å². The van der Waals surface area contributed by atoms with Crippen LogP contribution in [0.1, 0.15) is 57.9 Å². The van der Waals surface area contributed by atoms with Crippen LogP contribution in [0.2, 0.25) is 0 Å². The van der Waals surface area contributed by atoms with Gasteiger partial charge in [0.05, 0.1) is 18.6 Å². The summed E-state index contributed by atoms with van der Waals surface area (Å²) in [5, 5.41) is 3.38. The van der Waals surface area contributed by atoms with E-state index >= 15 is 0 Å². The first-order chi connectivity index (χ1) is 12.5. The average Bonchev–Trinajstić information content (AvgIpc) is 3.46. The van der Waals surface area contributed by atoms with E-state index in [2.05, 4.69) is 10.3 Å². The Kier molecular flexibility index (Phi) is 6.17. The molecule has 0 aromatic carbocycles. The summed E-state index contributed by atoms with van der Waals surface area (Å²) in [6.07, 6.45) is 6.45. The fourth-order valence-electron chi connectivity index (χ4n) is 4.10. The van der Waals surface area contributed by atoms with Gasteiger partial charge in [-0.1, -0.05) is 0 Å². The molecule has 144 valence electrons. The molecule has 0 amide bonds. The van der Waals surface area contributed by atoms with E-state index in [1.807, 2.05) is 39.1 Å². The predicted octanol–water partition coefficient (Wildman–Crippen LogP) is 3.54. The van der Waals surface area contributed by atoms with Crippen molar-refractivity contribution in [2.24, 2.45) is 17.3 Å². The minimum absolute atomic E-state index is 0.120. The molecule has 2 aliphatic rings. The van der Waals surface area contributed by atoms with Crippen LogP contribution >= 0.6 is 0 Å². The molecule has 1 aliphatic heterocycles. The first-order valence-corrected chi connectivity index (χ1v) is 9.99. The first kappa shape index (κ1) is 19.2. The second-order valence-electron chi connectivity index (χ2n) is 8.19. The third-order valence-electron chi connectivity index (χ3n) is 5.72. The molecule has 1 saturated heterocycles. The van der Waals surface area contributed by atoms with Crippen LogP contribution in [0.3, 0.4) is 0 Å². The summed E-state index contributed by atoms with van der Waals surface area (Å²) in [6, 6.07) is 4.06. The minimum Gasteiger partial charge on any atom is -0.477 e. The molecule has 0 radical (unpaired) electrons. The number of hydrogen-bond donors (Lipinski definition) is 1. The second-order valence-corrected chi connectivity index (χ2v) is 8.19. The van der Waals surface area contributed by atoms with Crippen molar-refractivity contribution >= 4 is 5.97 Å². The van der Waals surface area contributed by atoms with Crippen molar-refractivity contribution in [3.8, 4) is 5.88 Å². The first-order valence-electron chi connectivity index (χ1n) is 9.99. The van der Waals surface area contributed by atoms with Gasteiger partial charge in [-0.05, 0) is 83.0 Å². The predicted molar refractivity (Wildman–Crippen MR) is 101 cm³/mol. The highest BCUT2D eigenvalue weighted by Crippen LogP contribution is 2.52. The summed E-state index contributed by atoms with van der Waals surface area (Å²) in [5.74, 6) is 1.83. The molecule has 1 N–H and O–H groups in total. The number of pyridine rings is 1. The third kappa shape index (κ3) is 4.56. The van der Waals surface area contributed by atoms with Crippen LogP contribution in [-0.4, -0.2) is 37.3 Å². The number of rotatable bonds is 8. The molecular formula is C21H32N2O3. The van der Waals surface area contributed by atoms with E-state index in [0.29, 0.717) is 30.9 Å². The van der Waals surface area contributed by atoms with E-state index in [4.69, 9.17) is 9.47 Å². The lowest BCUT2D eigenvalue weighted by molar-refractivity contribution is -0.155. The Morgan fingerprint density at radius 1 is 1.31 bits per heavy atom. The van der Waals surface area contributed by atoms with Crippen LogP contribution in [0.25, 0.3) is 0 Å². The molecule has 26 heavy (non-hydrogen) atoms.